The maximum atomic E-state index is 14.2. The molecule has 1 amide bonds. The van der Waals surface area contributed by atoms with Gasteiger partial charge in [0.2, 0.25) is 5.91 Å². The number of hydrogen-bond acceptors (Lipinski definition) is 6. The van der Waals surface area contributed by atoms with Crippen LogP contribution in [0.1, 0.15) is 22.7 Å². The highest BCUT2D eigenvalue weighted by atomic mass is 32.2. The molecule has 1 aliphatic rings. The Labute approximate surface area is 244 Å². The van der Waals surface area contributed by atoms with E-state index in [1.807, 2.05) is 30.3 Å². The summed E-state index contributed by atoms with van der Waals surface area (Å²) in [6.07, 6.45) is -4.78. The summed E-state index contributed by atoms with van der Waals surface area (Å²) in [6, 6.07) is 16.5. The van der Waals surface area contributed by atoms with Crippen molar-refractivity contribution in [2.24, 2.45) is 0 Å². The number of methoxy groups -OCH3 is 1. The number of ether oxygens (including phenoxy) is 1. The number of fused-ring (bicyclic) bond motifs is 2. The Balaban J connectivity index is 1.87. The van der Waals surface area contributed by atoms with Crippen molar-refractivity contribution in [3.05, 3.63) is 99.8 Å². The van der Waals surface area contributed by atoms with Crippen LogP contribution in [-0.2, 0) is 36.9 Å². The molecule has 224 valence electrons. The van der Waals surface area contributed by atoms with Crippen molar-refractivity contribution >= 4 is 32.7 Å². The molecular weight excluding hydrogens is 587 g/mol. The molecule has 0 radical (unpaired) electrons. The average Bonchev–Trinajstić information content (AvgIpc) is 2.98. The molecule has 4 aromatic rings. The molecular formula is C30H26F3N3O6S. The van der Waals surface area contributed by atoms with Crippen LogP contribution in [0.5, 0.6) is 0 Å². The van der Waals surface area contributed by atoms with Gasteiger partial charge in [-0.2, -0.15) is 17.5 Å². The molecule has 9 nitrogen and oxygen atoms in total. The van der Waals surface area contributed by atoms with Crippen LogP contribution >= 0.6 is 0 Å². The lowest BCUT2D eigenvalue weighted by atomic mass is 9.93. The number of nitrogens with zero attached hydrogens (tertiary/aromatic N) is 2. The van der Waals surface area contributed by atoms with Crippen molar-refractivity contribution in [3.63, 3.8) is 0 Å². The van der Waals surface area contributed by atoms with E-state index in [1.165, 1.54) is 13.1 Å². The highest BCUT2D eigenvalue weighted by molar-refractivity contribution is 7.89. The highest BCUT2D eigenvalue weighted by Crippen LogP contribution is 2.40. The predicted octanol–water partition coefficient (Wildman–Crippen LogP) is 3.74. The molecule has 1 N–H and O–H groups in total. The van der Waals surface area contributed by atoms with Gasteiger partial charge in [0.25, 0.3) is 15.6 Å². The molecule has 1 aromatic heterocycles. The molecule has 0 fully saturated rings. The molecule has 1 atom stereocenters. The number of aromatic nitrogens is 1. The second-order valence-corrected chi connectivity index (χ2v) is 11.8. The summed E-state index contributed by atoms with van der Waals surface area (Å²) >= 11 is 0. The van der Waals surface area contributed by atoms with E-state index >= 15 is 0 Å². The van der Waals surface area contributed by atoms with E-state index in [1.54, 1.807) is 12.1 Å². The first-order valence-electron chi connectivity index (χ1n) is 13.1. The summed E-state index contributed by atoms with van der Waals surface area (Å²) in [5, 5.41) is 3.29. The minimum atomic E-state index is -4.75. The zero-order chi connectivity index (χ0) is 31.1. The van der Waals surface area contributed by atoms with Gasteiger partial charge in [0.1, 0.15) is 6.04 Å². The Kier molecular flexibility index (Phi) is 7.88. The number of amides is 1. The van der Waals surface area contributed by atoms with Crippen LogP contribution in [0.4, 0.5) is 13.2 Å². The zero-order valence-corrected chi connectivity index (χ0v) is 23.8. The molecule has 0 spiro atoms. The van der Waals surface area contributed by atoms with Gasteiger partial charge >= 0.3 is 12.1 Å². The van der Waals surface area contributed by atoms with E-state index in [2.05, 4.69) is 5.32 Å². The number of carbonyl (C=O) groups is 2. The minimum Gasteiger partial charge on any atom is -0.467 e. The lowest BCUT2D eigenvalue weighted by molar-refractivity contribution is -0.145. The van der Waals surface area contributed by atoms with Crippen LogP contribution in [0.25, 0.3) is 21.9 Å². The first-order chi connectivity index (χ1) is 20.4. The van der Waals surface area contributed by atoms with Gasteiger partial charge in [0.05, 0.1) is 19.2 Å². The monoisotopic (exact) mass is 613 g/mol. The molecule has 0 saturated carbocycles. The lowest BCUT2D eigenvalue weighted by Gasteiger charge is -2.35. The fourth-order valence-corrected chi connectivity index (χ4v) is 7.19. The third kappa shape index (κ3) is 5.53. The van der Waals surface area contributed by atoms with Gasteiger partial charge in [0, 0.05) is 25.2 Å². The third-order valence-electron chi connectivity index (χ3n) is 7.37. The summed E-state index contributed by atoms with van der Waals surface area (Å²) in [5.41, 5.74) is -1.40. The maximum Gasteiger partial charge on any atom is 0.416 e. The number of sulfonamides is 1. The van der Waals surface area contributed by atoms with Crippen molar-refractivity contribution in [3.8, 4) is 11.1 Å². The average molecular weight is 614 g/mol. The second kappa shape index (κ2) is 11.3. The van der Waals surface area contributed by atoms with Crippen LogP contribution < -0.4 is 10.9 Å². The fraction of sp³-hybridized carbons (Fsp3) is 0.233. The number of pyridine rings is 1. The SMILES string of the molecule is CNC(=O)CN1CC(C(=O)OC)n2c(c(-c3cccc(C(F)(F)F)c3)c(Cc3cccc4ccccc34)cc2=O)S1(=O)=O. The van der Waals surface area contributed by atoms with E-state index in [4.69, 9.17) is 4.74 Å². The molecule has 0 aliphatic carbocycles. The molecule has 2 heterocycles. The van der Waals surface area contributed by atoms with E-state index < -0.39 is 63.4 Å². The number of esters is 1. The second-order valence-electron chi connectivity index (χ2n) is 9.96. The van der Waals surface area contributed by atoms with E-state index in [-0.39, 0.29) is 23.1 Å². The number of rotatable bonds is 6. The van der Waals surface area contributed by atoms with Gasteiger partial charge in [-0.3, -0.25) is 14.2 Å². The van der Waals surface area contributed by atoms with Gasteiger partial charge in [0.15, 0.2) is 5.03 Å². The summed E-state index contributed by atoms with van der Waals surface area (Å²) in [7, 11) is -2.37. The molecule has 1 unspecified atom stereocenters. The summed E-state index contributed by atoms with van der Waals surface area (Å²) < 4.78 is 76.2. The first kappa shape index (κ1) is 30.0. The smallest absolute Gasteiger partial charge is 0.416 e. The Morgan fingerprint density at radius 2 is 1.70 bits per heavy atom. The zero-order valence-electron chi connectivity index (χ0n) is 23.0. The van der Waals surface area contributed by atoms with Gasteiger partial charge in [-0.1, -0.05) is 54.6 Å². The standard InChI is InChI=1S/C30H26F3N3O6S/c1-34-25(37)17-35-16-24(29(39)42-2)36-26(38)15-21(13-19-9-5-8-18-7-3-4-12-23(18)19)27(28(36)43(35,40)41)20-10-6-11-22(14-20)30(31,32)33/h3-12,14-15,24H,13,16-17H2,1-2H3,(H,34,37). The normalized spacial score (nSPS) is 16.4. The van der Waals surface area contributed by atoms with E-state index in [9.17, 15) is 36.0 Å². The molecule has 3 aromatic carbocycles. The number of alkyl halides is 3. The number of hydrogen-bond donors (Lipinski definition) is 1. The Bertz CT molecular complexity index is 1920. The summed E-state index contributed by atoms with van der Waals surface area (Å²) in [5.74, 6) is -1.66. The lowest BCUT2D eigenvalue weighted by Crippen LogP contribution is -2.52. The Morgan fingerprint density at radius 1 is 1.00 bits per heavy atom. The van der Waals surface area contributed by atoms with Crippen molar-refractivity contribution in [1.82, 2.24) is 14.2 Å². The molecule has 1 aliphatic heterocycles. The Hall–Kier alpha value is -4.49. The van der Waals surface area contributed by atoms with Crippen molar-refractivity contribution in [2.75, 3.05) is 27.2 Å². The van der Waals surface area contributed by atoms with Crippen LogP contribution in [0.3, 0.4) is 0 Å². The van der Waals surface area contributed by atoms with Crippen LogP contribution in [0.2, 0.25) is 0 Å². The number of carbonyl (C=O) groups excluding carboxylic acids is 2. The molecule has 5 rings (SSSR count). The predicted molar refractivity (Wildman–Crippen MR) is 152 cm³/mol. The Morgan fingerprint density at radius 3 is 2.40 bits per heavy atom. The quantitative estimate of drug-likeness (QED) is 0.332. The minimum absolute atomic E-state index is 0.0239. The highest BCUT2D eigenvalue weighted by Gasteiger charge is 2.44. The number of benzene rings is 3. The van der Waals surface area contributed by atoms with Crippen molar-refractivity contribution in [2.45, 2.75) is 23.7 Å². The summed E-state index contributed by atoms with van der Waals surface area (Å²) in [6.45, 7) is -1.30. The van der Waals surface area contributed by atoms with Gasteiger partial charge < -0.3 is 10.1 Å². The molecule has 13 heteroatoms. The molecule has 0 saturated heterocycles. The maximum absolute atomic E-state index is 14.2. The van der Waals surface area contributed by atoms with Crippen LogP contribution in [0.15, 0.2) is 82.6 Å². The van der Waals surface area contributed by atoms with Crippen LogP contribution in [-0.4, -0.2) is 56.4 Å². The van der Waals surface area contributed by atoms with Gasteiger partial charge in [-0.05, 0) is 46.0 Å². The van der Waals surface area contributed by atoms with Gasteiger partial charge in [-0.25, -0.2) is 13.2 Å². The molecule has 0 bridgehead atoms. The topological polar surface area (TPSA) is 115 Å². The number of nitrogens with one attached hydrogen (secondary N) is 1. The van der Waals surface area contributed by atoms with Gasteiger partial charge in [-0.15, -0.1) is 0 Å². The molecule has 43 heavy (non-hydrogen) atoms. The van der Waals surface area contributed by atoms with Crippen molar-refractivity contribution < 1.29 is 35.9 Å². The van der Waals surface area contributed by atoms with E-state index in [0.29, 0.717) is 5.56 Å². The number of likely N-dealkylation sites (N-methyl/N-ethyl adjacent to an activating group) is 1. The van der Waals surface area contributed by atoms with Crippen molar-refractivity contribution in [1.29, 1.82) is 0 Å². The number of halogens is 3. The third-order valence-corrected chi connectivity index (χ3v) is 9.22. The fourth-order valence-electron chi connectivity index (χ4n) is 5.35. The summed E-state index contributed by atoms with van der Waals surface area (Å²) in [4.78, 5) is 38.9. The van der Waals surface area contributed by atoms with Crippen LogP contribution in [0, 0.1) is 0 Å². The van der Waals surface area contributed by atoms with E-state index in [0.717, 1.165) is 51.0 Å². The largest absolute Gasteiger partial charge is 0.467 e. The first-order valence-corrected chi connectivity index (χ1v) is 14.5.